The first kappa shape index (κ1) is 18.9. The van der Waals surface area contributed by atoms with E-state index in [2.05, 4.69) is 73.1 Å². The first-order chi connectivity index (χ1) is 12.5. The normalized spacial score (nSPS) is 11.1. The van der Waals surface area contributed by atoms with Gasteiger partial charge in [-0.15, -0.1) is 0 Å². The van der Waals surface area contributed by atoms with Crippen LogP contribution in [-0.2, 0) is 0 Å². The predicted octanol–water partition coefficient (Wildman–Crippen LogP) is 7.16. The van der Waals surface area contributed by atoms with Crippen molar-refractivity contribution in [1.29, 1.82) is 0 Å². The smallest absolute Gasteiger partial charge is 0.130 e. The van der Waals surface area contributed by atoms with E-state index in [9.17, 15) is 0 Å². The van der Waals surface area contributed by atoms with Gasteiger partial charge in [0, 0.05) is 27.2 Å². The topological polar surface area (TPSA) is 22.1 Å². The van der Waals surface area contributed by atoms with Gasteiger partial charge in [-0.25, -0.2) is 0 Å². The van der Waals surface area contributed by atoms with Crippen molar-refractivity contribution in [1.82, 2.24) is 4.98 Å². The third-order valence-electron chi connectivity index (χ3n) is 4.70. The maximum absolute atomic E-state index is 6.13. The van der Waals surface area contributed by atoms with Crippen LogP contribution >= 0.6 is 15.9 Å². The van der Waals surface area contributed by atoms with Crippen LogP contribution in [0.2, 0.25) is 0 Å². The van der Waals surface area contributed by atoms with Crippen LogP contribution in [0.4, 0.5) is 0 Å². The average Bonchev–Trinajstić information content (AvgIpc) is 2.58. The van der Waals surface area contributed by atoms with Gasteiger partial charge < -0.3 is 4.74 Å². The van der Waals surface area contributed by atoms with Gasteiger partial charge in [-0.2, -0.15) is 0 Å². The number of benzene rings is 2. The molecule has 2 aromatic carbocycles. The zero-order valence-electron chi connectivity index (χ0n) is 16.0. The minimum atomic E-state index is 0.757. The lowest BCUT2D eigenvalue weighted by molar-refractivity contribution is 0.309. The molecule has 0 atom stereocenters. The summed E-state index contributed by atoms with van der Waals surface area (Å²) in [7, 11) is 0. The minimum Gasteiger partial charge on any atom is -0.493 e. The third kappa shape index (κ3) is 3.93. The summed E-state index contributed by atoms with van der Waals surface area (Å²) in [5, 5.41) is 1.09. The molecule has 0 unspecified atom stereocenters. The van der Waals surface area contributed by atoms with E-state index in [1.54, 1.807) is 0 Å². The summed E-state index contributed by atoms with van der Waals surface area (Å²) >= 11 is 3.60. The number of ether oxygens (including phenoxy) is 1. The fourth-order valence-corrected chi connectivity index (χ4v) is 4.22. The second kappa shape index (κ2) is 8.22. The summed E-state index contributed by atoms with van der Waals surface area (Å²) in [6, 6.07) is 12.8. The van der Waals surface area contributed by atoms with Crippen molar-refractivity contribution in [3.63, 3.8) is 0 Å². The van der Waals surface area contributed by atoms with E-state index in [0.717, 1.165) is 39.8 Å². The van der Waals surface area contributed by atoms with Crippen molar-refractivity contribution < 1.29 is 4.74 Å². The Morgan fingerprint density at radius 1 is 1.00 bits per heavy atom. The minimum absolute atomic E-state index is 0.757. The first-order valence-electron chi connectivity index (χ1n) is 9.31. The lowest BCUT2D eigenvalue weighted by Crippen LogP contribution is -2.00. The second-order valence-corrected chi connectivity index (χ2v) is 7.85. The summed E-state index contributed by atoms with van der Waals surface area (Å²) in [5.41, 5.74) is 6.94. The van der Waals surface area contributed by atoms with Gasteiger partial charge in [0.05, 0.1) is 12.1 Å². The van der Waals surface area contributed by atoms with Crippen LogP contribution in [0.15, 0.2) is 40.9 Å². The Morgan fingerprint density at radius 2 is 1.73 bits per heavy atom. The average molecular weight is 412 g/mol. The summed E-state index contributed by atoms with van der Waals surface area (Å²) in [6.07, 6.45) is 3.49. The molecule has 3 heteroatoms. The third-order valence-corrected chi connectivity index (χ3v) is 5.16. The lowest BCUT2D eigenvalue weighted by atomic mass is 9.93. The second-order valence-electron chi connectivity index (χ2n) is 6.93. The molecule has 1 heterocycles. The van der Waals surface area contributed by atoms with Crippen molar-refractivity contribution in [2.75, 3.05) is 6.61 Å². The Labute approximate surface area is 164 Å². The van der Waals surface area contributed by atoms with Crippen molar-refractivity contribution in [3.8, 4) is 16.9 Å². The molecule has 0 amide bonds. The largest absolute Gasteiger partial charge is 0.493 e. The quantitative estimate of drug-likeness (QED) is 0.401. The van der Waals surface area contributed by atoms with E-state index in [-0.39, 0.29) is 0 Å². The highest BCUT2D eigenvalue weighted by molar-refractivity contribution is 9.10. The van der Waals surface area contributed by atoms with Gasteiger partial charge in [0.1, 0.15) is 5.75 Å². The number of fused-ring (bicyclic) bond motifs is 1. The van der Waals surface area contributed by atoms with Crippen LogP contribution < -0.4 is 4.74 Å². The molecular formula is C23H26BrNO. The summed E-state index contributed by atoms with van der Waals surface area (Å²) in [6.45, 7) is 9.32. The van der Waals surface area contributed by atoms with Gasteiger partial charge in [-0.3, -0.25) is 4.98 Å². The van der Waals surface area contributed by atoms with Gasteiger partial charge in [0.15, 0.2) is 0 Å². The number of nitrogens with zero attached hydrogens (tertiary/aromatic N) is 1. The number of para-hydroxylation sites is 1. The monoisotopic (exact) mass is 411 g/mol. The van der Waals surface area contributed by atoms with Crippen LogP contribution in [0.1, 0.15) is 43.0 Å². The molecule has 1 aromatic heterocycles. The molecule has 0 aliphatic heterocycles. The van der Waals surface area contributed by atoms with Crippen LogP contribution in [-0.4, -0.2) is 11.6 Å². The van der Waals surface area contributed by atoms with Crippen LogP contribution in [0.3, 0.4) is 0 Å². The zero-order chi connectivity index (χ0) is 18.7. The molecule has 0 aliphatic carbocycles. The lowest BCUT2D eigenvalue weighted by Gasteiger charge is -2.16. The molecule has 0 saturated heterocycles. The van der Waals surface area contributed by atoms with Gasteiger partial charge in [0.2, 0.25) is 0 Å². The molecule has 3 rings (SSSR count). The van der Waals surface area contributed by atoms with Crippen molar-refractivity contribution in [2.45, 2.75) is 47.0 Å². The fraction of sp³-hybridized carbons (Fsp3) is 0.348. The molecule has 26 heavy (non-hydrogen) atoms. The number of aromatic nitrogens is 1. The number of hydrogen-bond donors (Lipinski definition) is 0. The first-order valence-corrected chi connectivity index (χ1v) is 10.1. The van der Waals surface area contributed by atoms with Crippen LogP contribution in [0.5, 0.6) is 5.75 Å². The predicted molar refractivity (Wildman–Crippen MR) is 114 cm³/mol. The molecular weight excluding hydrogens is 386 g/mol. The summed E-state index contributed by atoms with van der Waals surface area (Å²) < 4.78 is 7.24. The van der Waals surface area contributed by atoms with Gasteiger partial charge in [0.25, 0.3) is 0 Å². The number of rotatable bonds is 6. The molecule has 136 valence electrons. The van der Waals surface area contributed by atoms with E-state index >= 15 is 0 Å². The van der Waals surface area contributed by atoms with Gasteiger partial charge in [-0.1, -0.05) is 47.8 Å². The van der Waals surface area contributed by atoms with E-state index in [4.69, 9.17) is 9.72 Å². The maximum Gasteiger partial charge on any atom is 0.130 e. The number of unbranched alkanes of at least 4 members (excludes halogenated alkanes) is 2. The molecule has 0 bridgehead atoms. The van der Waals surface area contributed by atoms with Crippen LogP contribution in [0, 0.1) is 20.8 Å². The summed E-state index contributed by atoms with van der Waals surface area (Å²) in [4.78, 5) is 4.87. The number of aryl methyl sites for hydroxylation is 3. The highest BCUT2D eigenvalue weighted by atomic mass is 79.9. The summed E-state index contributed by atoms with van der Waals surface area (Å²) in [5.74, 6) is 0.942. The fourth-order valence-electron chi connectivity index (χ4n) is 3.53. The number of pyridine rings is 1. The van der Waals surface area contributed by atoms with Crippen molar-refractivity contribution in [3.05, 3.63) is 57.7 Å². The number of halogens is 1. The molecule has 0 aliphatic rings. The molecule has 3 aromatic rings. The molecule has 0 spiro atoms. The highest BCUT2D eigenvalue weighted by Gasteiger charge is 2.14. The van der Waals surface area contributed by atoms with Gasteiger partial charge >= 0.3 is 0 Å². The molecule has 0 N–H and O–H groups in total. The van der Waals surface area contributed by atoms with Crippen molar-refractivity contribution >= 4 is 26.8 Å². The maximum atomic E-state index is 6.13. The van der Waals surface area contributed by atoms with Crippen molar-refractivity contribution in [2.24, 2.45) is 0 Å². The molecule has 0 radical (unpaired) electrons. The molecule has 0 saturated carbocycles. The van der Waals surface area contributed by atoms with E-state index in [0.29, 0.717) is 0 Å². The number of hydrogen-bond acceptors (Lipinski definition) is 2. The zero-order valence-corrected chi connectivity index (χ0v) is 17.6. The van der Waals surface area contributed by atoms with E-state index in [1.807, 2.05) is 6.92 Å². The van der Waals surface area contributed by atoms with Gasteiger partial charge in [-0.05, 0) is 62.1 Å². The Morgan fingerprint density at radius 3 is 2.42 bits per heavy atom. The Bertz CT molecular complexity index is 910. The van der Waals surface area contributed by atoms with Crippen LogP contribution in [0.25, 0.3) is 22.0 Å². The standard InChI is InChI=1S/C23H26BrNO/c1-5-6-7-11-26-21-14-17(4)25-23-19(21)9-8-10-20(23)22-15(2)12-18(24)13-16(22)3/h8-10,12-14H,5-7,11H2,1-4H3. The van der Waals surface area contributed by atoms with E-state index < -0.39 is 0 Å². The Kier molecular flexibility index (Phi) is 5.98. The highest BCUT2D eigenvalue weighted by Crippen LogP contribution is 2.37. The SMILES string of the molecule is CCCCCOc1cc(C)nc2c(-c3c(C)cc(Br)cc3C)cccc12. The molecule has 2 nitrogen and oxygen atoms in total. The Hall–Kier alpha value is -1.87. The van der Waals surface area contributed by atoms with E-state index in [1.165, 1.54) is 35.1 Å². The Balaban J connectivity index is 2.13. The molecule has 0 fully saturated rings.